The maximum absolute atomic E-state index is 12.9. The number of hydrogen-bond acceptors (Lipinski definition) is 6. The zero-order valence-corrected chi connectivity index (χ0v) is 16.5. The molecule has 0 N–H and O–H groups in total. The first kappa shape index (κ1) is 18.4. The molecule has 2 aliphatic rings. The Balaban J connectivity index is 1.62. The summed E-state index contributed by atoms with van der Waals surface area (Å²) in [5.41, 5.74) is 1.67. The van der Waals surface area contributed by atoms with E-state index >= 15 is 0 Å². The van der Waals surface area contributed by atoms with Gasteiger partial charge < -0.3 is 14.2 Å². The number of fused-ring (bicyclic) bond motifs is 1. The molecule has 2 aliphatic heterocycles. The number of carbonyl (C=O) groups excluding carboxylic acids is 1. The molecule has 0 unspecified atom stereocenters. The maximum Gasteiger partial charge on any atom is 0.266 e. The van der Waals surface area contributed by atoms with Crippen molar-refractivity contribution < 1.29 is 19.0 Å². The lowest BCUT2D eigenvalue weighted by Crippen LogP contribution is -2.29. The van der Waals surface area contributed by atoms with E-state index in [-0.39, 0.29) is 12.7 Å². The van der Waals surface area contributed by atoms with Crippen molar-refractivity contribution in [3.63, 3.8) is 0 Å². The van der Waals surface area contributed by atoms with Gasteiger partial charge in [-0.15, -0.1) is 0 Å². The predicted molar refractivity (Wildman–Crippen MR) is 110 cm³/mol. The van der Waals surface area contributed by atoms with Gasteiger partial charge in [0.2, 0.25) is 6.79 Å². The Bertz CT molecular complexity index is 953. The molecule has 1 fully saturated rings. The normalized spacial score (nSPS) is 18.4. The van der Waals surface area contributed by atoms with Crippen LogP contribution in [0.3, 0.4) is 0 Å². The zero-order valence-electron chi connectivity index (χ0n) is 15.7. The van der Waals surface area contributed by atoms with Gasteiger partial charge in [-0.3, -0.25) is 9.69 Å². The summed E-state index contributed by atoms with van der Waals surface area (Å²) >= 11 is 1.38. The Hall–Kier alpha value is -2.93. The number of hydrogen-bond donors (Lipinski definition) is 0. The SMILES string of the molecule is CCCN1C(=O)/C(=C/c2ccc3c(c2)OCO3)S/C1=N\c1ccc(OC)cc1. The van der Waals surface area contributed by atoms with E-state index in [2.05, 4.69) is 4.99 Å². The van der Waals surface area contributed by atoms with Crippen molar-refractivity contribution in [1.82, 2.24) is 4.90 Å². The Morgan fingerprint density at radius 2 is 1.96 bits per heavy atom. The van der Waals surface area contributed by atoms with Crippen molar-refractivity contribution in [3.05, 3.63) is 52.9 Å². The van der Waals surface area contributed by atoms with E-state index in [4.69, 9.17) is 14.2 Å². The molecule has 2 heterocycles. The number of carbonyl (C=O) groups is 1. The molecule has 1 amide bonds. The van der Waals surface area contributed by atoms with Crippen LogP contribution in [0.15, 0.2) is 52.4 Å². The summed E-state index contributed by atoms with van der Waals surface area (Å²) in [6.45, 7) is 2.90. The molecule has 2 aromatic rings. The van der Waals surface area contributed by atoms with Gasteiger partial charge >= 0.3 is 0 Å². The second kappa shape index (κ2) is 7.98. The summed E-state index contributed by atoms with van der Waals surface area (Å²) in [4.78, 5) is 20.0. The van der Waals surface area contributed by atoms with Gasteiger partial charge in [0.05, 0.1) is 17.7 Å². The molecular formula is C21H20N2O4S. The Kier molecular flexibility index (Phi) is 5.25. The number of amidine groups is 1. The zero-order chi connectivity index (χ0) is 19.5. The standard InChI is InChI=1S/C21H20N2O4S/c1-3-10-23-20(24)19(12-14-4-9-17-18(11-14)27-13-26-17)28-21(23)22-15-5-7-16(25-2)8-6-15/h4-9,11-12H,3,10,13H2,1-2H3/b19-12-,22-21-. The highest BCUT2D eigenvalue weighted by atomic mass is 32.2. The van der Waals surface area contributed by atoms with Crippen molar-refractivity contribution in [2.45, 2.75) is 13.3 Å². The average molecular weight is 396 g/mol. The Morgan fingerprint density at radius 3 is 2.71 bits per heavy atom. The van der Waals surface area contributed by atoms with Crippen LogP contribution in [-0.2, 0) is 4.79 Å². The first-order chi connectivity index (χ1) is 13.7. The number of benzene rings is 2. The summed E-state index contributed by atoms with van der Waals surface area (Å²) in [5, 5.41) is 0.684. The third kappa shape index (κ3) is 3.71. The van der Waals surface area contributed by atoms with Crippen molar-refractivity contribution >= 4 is 34.6 Å². The van der Waals surface area contributed by atoms with E-state index < -0.39 is 0 Å². The third-order valence-electron chi connectivity index (χ3n) is 4.33. The first-order valence-electron chi connectivity index (χ1n) is 9.01. The van der Waals surface area contributed by atoms with Gasteiger partial charge in [0.15, 0.2) is 16.7 Å². The fraction of sp³-hybridized carbons (Fsp3) is 0.238. The van der Waals surface area contributed by atoms with Crippen molar-refractivity contribution in [2.24, 2.45) is 4.99 Å². The van der Waals surface area contributed by atoms with Crippen LogP contribution >= 0.6 is 11.8 Å². The molecule has 4 rings (SSSR count). The van der Waals surface area contributed by atoms with E-state index in [0.717, 1.165) is 29.2 Å². The van der Waals surface area contributed by atoms with Crippen LogP contribution in [-0.4, -0.2) is 36.4 Å². The fourth-order valence-electron chi connectivity index (χ4n) is 2.93. The van der Waals surface area contributed by atoms with Gasteiger partial charge in [-0.1, -0.05) is 13.0 Å². The van der Waals surface area contributed by atoms with Crippen molar-refractivity contribution in [3.8, 4) is 17.2 Å². The highest BCUT2D eigenvalue weighted by Crippen LogP contribution is 2.37. The summed E-state index contributed by atoms with van der Waals surface area (Å²) in [6, 6.07) is 13.1. The van der Waals surface area contributed by atoms with Gasteiger partial charge in [0, 0.05) is 6.54 Å². The quantitative estimate of drug-likeness (QED) is 0.700. The van der Waals surface area contributed by atoms with Crippen LogP contribution in [0, 0.1) is 0 Å². The van der Waals surface area contributed by atoms with E-state index in [1.807, 2.05) is 55.5 Å². The summed E-state index contributed by atoms with van der Waals surface area (Å²) in [6.07, 6.45) is 2.72. The number of aliphatic imine (C=N–C) groups is 1. The lowest BCUT2D eigenvalue weighted by Gasteiger charge is -2.14. The van der Waals surface area contributed by atoms with Gasteiger partial charge in [-0.2, -0.15) is 0 Å². The van der Waals surface area contributed by atoms with E-state index in [9.17, 15) is 4.79 Å². The molecule has 7 heteroatoms. The maximum atomic E-state index is 12.9. The van der Waals surface area contributed by atoms with E-state index in [0.29, 0.717) is 22.4 Å². The molecular weight excluding hydrogens is 376 g/mol. The second-order valence-electron chi connectivity index (χ2n) is 6.27. The summed E-state index contributed by atoms with van der Waals surface area (Å²) in [7, 11) is 1.63. The minimum absolute atomic E-state index is 0.0308. The van der Waals surface area contributed by atoms with E-state index in [1.54, 1.807) is 12.0 Å². The molecule has 6 nitrogen and oxygen atoms in total. The van der Waals surface area contributed by atoms with Gasteiger partial charge in [-0.05, 0) is 66.2 Å². The molecule has 0 spiro atoms. The largest absolute Gasteiger partial charge is 0.497 e. The minimum atomic E-state index is -0.0308. The van der Waals surface area contributed by atoms with Gasteiger partial charge in [-0.25, -0.2) is 4.99 Å². The second-order valence-corrected chi connectivity index (χ2v) is 7.28. The summed E-state index contributed by atoms with van der Waals surface area (Å²) in [5.74, 6) is 2.16. The number of methoxy groups -OCH3 is 1. The Labute approximate surface area is 167 Å². The number of thioether (sulfide) groups is 1. The first-order valence-corrected chi connectivity index (χ1v) is 9.83. The van der Waals surface area contributed by atoms with Crippen LogP contribution in [0.4, 0.5) is 5.69 Å². The lowest BCUT2D eigenvalue weighted by atomic mass is 10.2. The molecule has 1 saturated heterocycles. The molecule has 0 aromatic heterocycles. The molecule has 28 heavy (non-hydrogen) atoms. The van der Waals surface area contributed by atoms with Crippen LogP contribution in [0.1, 0.15) is 18.9 Å². The Morgan fingerprint density at radius 1 is 1.18 bits per heavy atom. The highest BCUT2D eigenvalue weighted by Gasteiger charge is 2.32. The van der Waals surface area contributed by atoms with Crippen molar-refractivity contribution in [2.75, 3.05) is 20.4 Å². The molecule has 0 saturated carbocycles. The number of rotatable bonds is 5. The molecule has 0 bridgehead atoms. The highest BCUT2D eigenvalue weighted by molar-refractivity contribution is 8.18. The van der Waals surface area contributed by atoms with E-state index in [1.165, 1.54) is 11.8 Å². The number of ether oxygens (including phenoxy) is 3. The van der Waals surface area contributed by atoms with Crippen LogP contribution in [0.2, 0.25) is 0 Å². The smallest absolute Gasteiger partial charge is 0.266 e. The van der Waals surface area contributed by atoms with Crippen LogP contribution in [0.5, 0.6) is 17.2 Å². The monoisotopic (exact) mass is 396 g/mol. The molecule has 2 aromatic carbocycles. The molecule has 0 radical (unpaired) electrons. The topological polar surface area (TPSA) is 60.4 Å². The molecule has 0 aliphatic carbocycles. The molecule has 144 valence electrons. The third-order valence-corrected chi connectivity index (χ3v) is 5.33. The predicted octanol–water partition coefficient (Wildman–Crippen LogP) is 4.44. The number of amides is 1. The fourth-order valence-corrected chi connectivity index (χ4v) is 3.96. The number of nitrogens with zero attached hydrogens (tertiary/aromatic N) is 2. The van der Waals surface area contributed by atoms with Gasteiger partial charge in [0.25, 0.3) is 5.91 Å². The summed E-state index contributed by atoms with van der Waals surface area (Å²) < 4.78 is 15.9. The van der Waals surface area contributed by atoms with Crippen molar-refractivity contribution in [1.29, 1.82) is 0 Å². The van der Waals surface area contributed by atoms with Crippen LogP contribution < -0.4 is 14.2 Å². The lowest BCUT2D eigenvalue weighted by molar-refractivity contribution is -0.122. The van der Waals surface area contributed by atoms with Gasteiger partial charge in [0.1, 0.15) is 5.75 Å². The average Bonchev–Trinajstić information content (AvgIpc) is 3.29. The molecule has 0 atom stereocenters. The van der Waals surface area contributed by atoms with Crippen LogP contribution in [0.25, 0.3) is 6.08 Å². The minimum Gasteiger partial charge on any atom is -0.497 e.